The number of nitrogens with one attached hydrogen (secondary N) is 1. The highest BCUT2D eigenvalue weighted by molar-refractivity contribution is 7.82. The van der Waals surface area contributed by atoms with Crippen LogP contribution >= 0.6 is 35.6 Å². The summed E-state index contributed by atoms with van der Waals surface area (Å²) >= 11 is 11.4. The van der Waals surface area contributed by atoms with E-state index in [0.717, 1.165) is 33.5 Å². The van der Waals surface area contributed by atoms with Gasteiger partial charge in [-0.3, -0.25) is 10.1 Å². The number of thiol groups is 1. The number of nitro benzene ring substituents is 1. The van der Waals surface area contributed by atoms with Crippen molar-refractivity contribution < 1.29 is 14.4 Å². The van der Waals surface area contributed by atoms with Gasteiger partial charge in [0, 0.05) is 32.5 Å². The Morgan fingerprint density at radius 3 is 2.41 bits per heavy atom. The minimum absolute atomic E-state index is 0.00248. The molecular formula is C29H18ClN6O3S2+. The van der Waals surface area contributed by atoms with Crippen LogP contribution in [0.1, 0.15) is 10.4 Å². The molecule has 0 unspecified atom stereocenters. The van der Waals surface area contributed by atoms with Gasteiger partial charge in [-0.2, -0.15) is 0 Å². The number of hydrogen-bond acceptors (Lipinski definition) is 9. The van der Waals surface area contributed by atoms with Crippen molar-refractivity contribution in [1.82, 2.24) is 15.1 Å². The summed E-state index contributed by atoms with van der Waals surface area (Å²) in [5, 5.41) is 20.2. The van der Waals surface area contributed by atoms with Crippen LogP contribution in [-0.2, 0) is 0 Å². The van der Waals surface area contributed by atoms with Crippen molar-refractivity contribution >= 4 is 69.6 Å². The van der Waals surface area contributed by atoms with Crippen LogP contribution in [-0.4, -0.2) is 25.9 Å². The molecule has 2 aromatic heterocycles. The van der Waals surface area contributed by atoms with Crippen molar-refractivity contribution in [2.24, 2.45) is 0 Å². The summed E-state index contributed by atoms with van der Waals surface area (Å²) in [7, 11) is 0. The molecule has 6 aromatic rings. The molecule has 0 aliphatic rings. The molecule has 0 bridgehead atoms. The Labute approximate surface area is 247 Å². The highest BCUT2D eigenvalue weighted by Crippen LogP contribution is 2.32. The third-order valence-corrected chi connectivity index (χ3v) is 7.73. The lowest BCUT2D eigenvalue weighted by molar-refractivity contribution is -0.621. The Bertz CT molecular complexity index is 1950. The van der Waals surface area contributed by atoms with Crippen molar-refractivity contribution in [1.29, 1.82) is 0 Å². The lowest BCUT2D eigenvalue weighted by Gasteiger charge is -2.11. The fourth-order valence-corrected chi connectivity index (χ4v) is 5.51. The second-order valence-electron chi connectivity index (χ2n) is 8.81. The molecule has 0 fully saturated rings. The topological polar surface area (TPSA) is 115 Å². The molecule has 6 rings (SSSR count). The van der Waals surface area contributed by atoms with Gasteiger partial charge in [-0.1, -0.05) is 54.1 Å². The predicted molar refractivity (Wildman–Crippen MR) is 161 cm³/mol. The highest BCUT2D eigenvalue weighted by Gasteiger charge is 2.31. The first-order valence-electron chi connectivity index (χ1n) is 12.2. The average molecular weight is 598 g/mol. The SMILES string of the molecule is O=C(c1ccc(Nc2nc(-c3ccccc3)nc3ccccc23)cc1)[n+]1nc(S)sc1-c1ccc(Cl)c([N+](=O)[O-])c1. The third kappa shape index (κ3) is 5.38. The average Bonchev–Trinajstić information content (AvgIpc) is 3.39. The van der Waals surface area contributed by atoms with Crippen LogP contribution in [0.5, 0.6) is 0 Å². The summed E-state index contributed by atoms with van der Waals surface area (Å²) in [6.45, 7) is 0. The number of benzene rings is 4. The molecule has 1 N–H and O–H groups in total. The molecule has 200 valence electrons. The first-order valence-corrected chi connectivity index (χ1v) is 13.8. The summed E-state index contributed by atoms with van der Waals surface area (Å²) in [5.74, 6) is 0.810. The van der Waals surface area contributed by atoms with E-state index in [2.05, 4.69) is 23.0 Å². The number of carbonyl (C=O) groups excluding carboxylic acids is 1. The molecule has 0 saturated carbocycles. The summed E-state index contributed by atoms with van der Waals surface area (Å²) in [5.41, 5.74) is 2.94. The smallest absolute Gasteiger partial charge is 0.340 e. The first kappa shape index (κ1) is 26.5. The van der Waals surface area contributed by atoms with Gasteiger partial charge in [-0.05, 0) is 59.9 Å². The van der Waals surface area contributed by atoms with E-state index < -0.39 is 10.8 Å². The maximum absolute atomic E-state index is 13.5. The van der Waals surface area contributed by atoms with Crippen molar-refractivity contribution in [2.45, 2.75) is 4.34 Å². The molecule has 0 amide bonds. The Morgan fingerprint density at radius 2 is 1.66 bits per heavy atom. The van der Waals surface area contributed by atoms with Crippen LogP contribution in [0, 0.1) is 10.1 Å². The fraction of sp³-hybridized carbons (Fsp3) is 0. The summed E-state index contributed by atoms with van der Waals surface area (Å²) in [4.78, 5) is 33.8. The van der Waals surface area contributed by atoms with Gasteiger partial charge in [-0.15, -0.1) is 12.6 Å². The van der Waals surface area contributed by atoms with Gasteiger partial charge >= 0.3 is 10.9 Å². The molecule has 0 aliphatic heterocycles. The lowest BCUT2D eigenvalue weighted by Crippen LogP contribution is -2.46. The van der Waals surface area contributed by atoms with E-state index in [4.69, 9.17) is 21.6 Å². The first-order chi connectivity index (χ1) is 19.9. The van der Waals surface area contributed by atoms with E-state index >= 15 is 0 Å². The van der Waals surface area contributed by atoms with E-state index in [1.807, 2.05) is 54.6 Å². The zero-order valence-corrected chi connectivity index (χ0v) is 23.4. The number of anilines is 2. The molecule has 9 nitrogen and oxygen atoms in total. The van der Waals surface area contributed by atoms with Crippen LogP contribution in [0.25, 0.3) is 32.9 Å². The molecule has 41 heavy (non-hydrogen) atoms. The van der Waals surface area contributed by atoms with Crippen molar-refractivity contribution in [3.05, 3.63) is 118 Å². The Hall–Kier alpha value is -4.71. The Morgan fingerprint density at radius 1 is 0.927 bits per heavy atom. The zero-order chi connectivity index (χ0) is 28.5. The van der Waals surface area contributed by atoms with Crippen LogP contribution in [0.4, 0.5) is 17.2 Å². The van der Waals surface area contributed by atoms with Gasteiger partial charge in [0.05, 0.1) is 21.6 Å². The second-order valence-corrected chi connectivity index (χ2v) is 10.9. The van der Waals surface area contributed by atoms with E-state index in [0.29, 0.717) is 32.1 Å². The van der Waals surface area contributed by atoms with E-state index in [1.165, 1.54) is 16.8 Å². The number of nitrogens with zero attached hydrogens (tertiary/aromatic N) is 5. The Kier molecular flexibility index (Phi) is 7.14. The van der Waals surface area contributed by atoms with Gasteiger partial charge < -0.3 is 5.32 Å². The van der Waals surface area contributed by atoms with E-state index in [9.17, 15) is 14.9 Å². The standard InChI is InChI=1S/C29H17ClN6O3S2/c30-22-15-12-19(16-24(22)36(38)39)28-35(34-29(40)41-28)27(37)18-10-13-20(14-11-18)31-26-21-8-4-5-9-23(21)32-25(33-26)17-6-2-1-3-7-17/h1-16H,(H-,31,32,33,34,37,40)/p+1. The van der Waals surface area contributed by atoms with Crippen LogP contribution in [0.3, 0.4) is 0 Å². The van der Waals surface area contributed by atoms with Crippen LogP contribution in [0.2, 0.25) is 5.02 Å². The van der Waals surface area contributed by atoms with Crippen LogP contribution in [0.15, 0.2) is 101 Å². The van der Waals surface area contributed by atoms with Gasteiger partial charge in [0.15, 0.2) is 5.82 Å². The highest BCUT2D eigenvalue weighted by atomic mass is 35.5. The molecule has 0 spiro atoms. The van der Waals surface area contributed by atoms with Gasteiger partial charge in [0.25, 0.3) is 5.69 Å². The number of fused-ring (bicyclic) bond motifs is 1. The minimum Gasteiger partial charge on any atom is -0.340 e. The number of hydrogen-bond donors (Lipinski definition) is 2. The molecule has 0 saturated heterocycles. The molecule has 4 aromatic carbocycles. The van der Waals surface area contributed by atoms with E-state index in [1.54, 1.807) is 30.3 Å². The van der Waals surface area contributed by atoms with Crippen molar-refractivity contribution in [3.63, 3.8) is 0 Å². The monoisotopic (exact) mass is 597 g/mol. The predicted octanol–water partition coefficient (Wildman–Crippen LogP) is 6.99. The quantitative estimate of drug-likeness (QED) is 0.0920. The number of para-hydroxylation sites is 1. The summed E-state index contributed by atoms with van der Waals surface area (Å²) in [6, 6.07) is 28.7. The number of halogens is 1. The second kappa shape index (κ2) is 11.0. The van der Waals surface area contributed by atoms with E-state index in [-0.39, 0.29) is 10.7 Å². The lowest BCUT2D eigenvalue weighted by atomic mass is 10.1. The summed E-state index contributed by atoms with van der Waals surface area (Å²) in [6.07, 6.45) is 0. The molecule has 0 radical (unpaired) electrons. The minimum atomic E-state index is -0.573. The van der Waals surface area contributed by atoms with Crippen LogP contribution < -0.4 is 10.00 Å². The zero-order valence-electron chi connectivity index (χ0n) is 20.9. The number of nitro groups is 1. The van der Waals surface area contributed by atoms with Gasteiger partial charge in [0.1, 0.15) is 10.8 Å². The third-order valence-electron chi connectivity index (χ3n) is 6.18. The maximum Gasteiger partial charge on any atom is 0.450 e. The normalized spacial score (nSPS) is 11.0. The largest absolute Gasteiger partial charge is 0.450 e. The molecular weight excluding hydrogens is 580 g/mol. The van der Waals surface area contributed by atoms with Gasteiger partial charge in [0.2, 0.25) is 4.34 Å². The molecule has 12 heteroatoms. The number of rotatable bonds is 6. The number of aromatic nitrogens is 4. The Balaban J connectivity index is 1.31. The van der Waals surface area contributed by atoms with Crippen molar-refractivity contribution in [2.75, 3.05) is 5.32 Å². The van der Waals surface area contributed by atoms with Crippen molar-refractivity contribution in [3.8, 4) is 22.0 Å². The maximum atomic E-state index is 13.5. The molecule has 0 atom stereocenters. The molecule has 0 aliphatic carbocycles. The fourth-order valence-electron chi connectivity index (χ4n) is 4.23. The van der Waals surface area contributed by atoms with Gasteiger partial charge in [-0.25, -0.2) is 14.8 Å². The summed E-state index contributed by atoms with van der Waals surface area (Å²) < 4.78 is 1.51. The molecule has 2 heterocycles. The number of carbonyl (C=O) groups is 1.